The molecule has 0 aromatic rings. The highest BCUT2D eigenvalue weighted by molar-refractivity contribution is 5.97. The highest BCUT2D eigenvalue weighted by atomic mass is 16.4. The fourth-order valence-electron chi connectivity index (χ4n) is 1.32. The standard InChI is InChI=1S/C12H20N2O4/c1-9(15)6-7-11(16)14-10(12(17)18)5-3-4-8-13-2/h6-7,10,13H,3-5,8H2,1-2H3,(H,14,16)(H,17,18)/b7-6+/t10-/m0/s1. The molecule has 1 atom stereocenters. The van der Waals surface area contributed by atoms with Crippen molar-refractivity contribution in [2.75, 3.05) is 13.6 Å². The maximum Gasteiger partial charge on any atom is 0.326 e. The number of nitrogens with one attached hydrogen (secondary N) is 2. The lowest BCUT2D eigenvalue weighted by molar-refractivity contribution is -0.141. The first kappa shape index (κ1) is 16.3. The van der Waals surface area contributed by atoms with Gasteiger partial charge in [0.1, 0.15) is 6.04 Å². The van der Waals surface area contributed by atoms with Crippen LogP contribution < -0.4 is 10.6 Å². The van der Waals surface area contributed by atoms with E-state index >= 15 is 0 Å². The van der Waals surface area contributed by atoms with Crippen LogP contribution in [0.4, 0.5) is 0 Å². The number of carbonyl (C=O) groups is 3. The highest BCUT2D eigenvalue weighted by Gasteiger charge is 2.17. The molecule has 0 bridgehead atoms. The van der Waals surface area contributed by atoms with Gasteiger partial charge in [0, 0.05) is 6.08 Å². The minimum absolute atomic E-state index is 0.258. The van der Waals surface area contributed by atoms with Crippen molar-refractivity contribution in [3.63, 3.8) is 0 Å². The van der Waals surface area contributed by atoms with Crippen molar-refractivity contribution in [2.24, 2.45) is 0 Å². The van der Waals surface area contributed by atoms with E-state index in [1.54, 1.807) is 0 Å². The van der Waals surface area contributed by atoms with Crippen LogP contribution in [0.3, 0.4) is 0 Å². The van der Waals surface area contributed by atoms with Crippen LogP contribution in [0.15, 0.2) is 12.2 Å². The molecule has 0 aliphatic carbocycles. The molecular weight excluding hydrogens is 236 g/mol. The second kappa shape index (κ2) is 9.35. The zero-order chi connectivity index (χ0) is 14.0. The Morgan fingerprint density at radius 2 is 1.89 bits per heavy atom. The molecule has 0 aliphatic rings. The lowest BCUT2D eigenvalue weighted by Crippen LogP contribution is -2.40. The zero-order valence-corrected chi connectivity index (χ0v) is 10.7. The van der Waals surface area contributed by atoms with E-state index in [-0.39, 0.29) is 5.78 Å². The van der Waals surface area contributed by atoms with Crippen molar-refractivity contribution < 1.29 is 19.5 Å². The summed E-state index contributed by atoms with van der Waals surface area (Å²) in [5, 5.41) is 14.2. The minimum atomic E-state index is -1.07. The molecule has 0 heterocycles. The van der Waals surface area contributed by atoms with Gasteiger partial charge in [-0.25, -0.2) is 4.79 Å². The Morgan fingerprint density at radius 1 is 1.22 bits per heavy atom. The summed E-state index contributed by atoms with van der Waals surface area (Å²) in [4.78, 5) is 32.9. The van der Waals surface area contributed by atoms with E-state index in [0.717, 1.165) is 25.1 Å². The summed E-state index contributed by atoms with van der Waals surface area (Å²) in [5.74, 6) is -1.89. The van der Waals surface area contributed by atoms with E-state index in [1.165, 1.54) is 6.92 Å². The Labute approximate surface area is 106 Å². The molecule has 3 N–H and O–H groups in total. The molecule has 0 aromatic heterocycles. The number of carboxylic acids is 1. The van der Waals surface area contributed by atoms with E-state index < -0.39 is 17.9 Å². The van der Waals surface area contributed by atoms with E-state index in [1.807, 2.05) is 7.05 Å². The third kappa shape index (κ3) is 8.46. The molecule has 0 fully saturated rings. The first-order chi connectivity index (χ1) is 8.47. The molecule has 0 rings (SSSR count). The maximum atomic E-state index is 11.3. The van der Waals surface area contributed by atoms with E-state index in [4.69, 9.17) is 5.11 Å². The average molecular weight is 256 g/mol. The molecule has 18 heavy (non-hydrogen) atoms. The fourth-order valence-corrected chi connectivity index (χ4v) is 1.32. The molecule has 0 unspecified atom stereocenters. The van der Waals surface area contributed by atoms with Crippen molar-refractivity contribution in [3.05, 3.63) is 12.2 Å². The molecule has 0 saturated carbocycles. The normalized spacial score (nSPS) is 12.3. The topological polar surface area (TPSA) is 95.5 Å². The number of allylic oxidation sites excluding steroid dienone is 1. The number of unbranched alkanes of at least 4 members (excludes halogenated alkanes) is 1. The summed E-state index contributed by atoms with van der Waals surface area (Å²) < 4.78 is 0. The molecule has 1 amide bonds. The Balaban J connectivity index is 4.15. The van der Waals surface area contributed by atoms with Crippen molar-refractivity contribution >= 4 is 17.7 Å². The molecule has 6 nitrogen and oxygen atoms in total. The maximum absolute atomic E-state index is 11.3. The second-order valence-corrected chi connectivity index (χ2v) is 3.94. The Kier molecular flexibility index (Phi) is 8.47. The summed E-state index contributed by atoms with van der Waals surface area (Å²) in [5.41, 5.74) is 0. The second-order valence-electron chi connectivity index (χ2n) is 3.94. The van der Waals surface area contributed by atoms with Crippen LogP contribution in [0.5, 0.6) is 0 Å². The number of carbonyl (C=O) groups excluding carboxylic acids is 2. The molecular formula is C12H20N2O4. The largest absolute Gasteiger partial charge is 0.480 e. The van der Waals surface area contributed by atoms with Gasteiger partial charge in [0.2, 0.25) is 5.91 Å². The first-order valence-electron chi connectivity index (χ1n) is 5.84. The summed E-state index contributed by atoms with van der Waals surface area (Å²) in [7, 11) is 1.82. The molecule has 6 heteroatoms. The lowest BCUT2D eigenvalue weighted by atomic mass is 10.1. The van der Waals surface area contributed by atoms with Crippen molar-refractivity contribution in [1.29, 1.82) is 0 Å². The lowest BCUT2D eigenvalue weighted by Gasteiger charge is -2.12. The number of aliphatic carboxylic acids is 1. The van der Waals surface area contributed by atoms with Gasteiger partial charge in [0.05, 0.1) is 0 Å². The summed E-state index contributed by atoms with van der Waals surface area (Å²) in [6.07, 6.45) is 4.08. The first-order valence-corrected chi connectivity index (χ1v) is 5.84. The number of hydrogen-bond donors (Lipinski definition) is 3. The van der Waals surface area contributed by atoms with E-state index in [9.17, 15) is 14.4 Å². The van der Waals surface area contributed by atoms with Gasteiger partial charge in [-0.15, -0.1) is 0 Å². The Bertz CT molecular complexity index is 326. The summed E-state index contributed by atoms with van der Waals surface area (Å²) >= 11 is 0. The van der Waals surface area contributed by atoms with Gasteiger partial charge < -0.3 is 15.7 Å². The van der Waals surface area contributed by atoms with Crippen molar-refractivity contribution in [3.8, 4) is 0 Å². The quantitative estimate of drug-likeness (QED) is 0.401. The van der Waals surface area contributed by atoms with Crippen LogP contribution in [0.25, 0.3) is 0 Å². The van der Waals surface area contributed by atoms with Gasteiger partial charge in [-0.2, -0.15) is 0 Å². The third-order valence-corrected chi connectivity index (χ3v) is 2.25. The van der Waals surface area contributed by atoms with Crippen LogP contribution in [-0.4, -0.2) is 42.4 Å². The predicted octanol–water partition coefficient (Wildman–Crippen LogP) is 0.0907. The number of ketones is 1. The minimum Gasteiger partial charge on any atom is -0.480 e. The van der Waals surface area contributed by atoms with Crippen LogP contribution in [-0.2, 0) is 14.4 Å². The monoisotopic (exact) mass is 256 g/mol. The van der Waals surface area contributed by atoms with E-state index in [0.29, 0.717) is 12.8 Å². The number of rotatable bonds is 9. The highest BCUT2D eigenvalue weighted by Crippen LogP contribution is 2.01. The molecule has 0 aromatic carbocycles. The fraction of sp³-hybridized carbons (Fsp3) is 0.583. The van der Waals surface area contributed by atoms with Gasteiger partial charge >= 0.3 is 5.97 Å². The number of carboxylic acid groups (broad SMARTS) is 1. The van der Waals surface area contributed by atoms with Crippen LogP contribution >= 0.6 is 0 Å². The number of hydrogen-bond acceptors (Lipinski definition) is 4. The van der Waals surface area contributed by atoms with E-state index in [2.05, 4.69) is 10.6 Å². The van der Waals surface area contributed by atoms with Crippen LogP contribution in [0.1, 0.15) is 26.2 Å². The third-order valence-electron chi connectivity index (χ3n) is 2.25. The smallest absolute Gasteiger partial charge is 0.326 e. The van der Waals surface area contributed by atoms with Crippen LogP contribution in [0, 0.1) is 0 Å². The molecule has 0 spiro atoms. The molecule has 0 saturated heterocycles. The van der Waals surface area contributed by atoms with Gasteiger partial charge in [-0.05, 0) is 45.9 Å². The molecule has 102 valence electrons. The van der Waals surface area contributed by atoms with Gasteiger partial charge in [0.25, 0.3) is 0 Å². The van der Waals surface area contributed by atoms with Gasteiger partial charge in [-0.1, -0.05) is 0 Å². The van der Waals surface area contributed by atoms with Crippen molar-refractivity contribution in [1.82, 2.24) is 10.6 Å². The van der Waals surface area contributed by atoms with Crippen molar-refractivity contribution in [2.45, 2.75) is 32.2 Å². The summed E-state index contributed by atoms with van der Waals surface area (Å²) in [6.45, 7) is 2.13. The molecule has 0 radical (unpaired) electrons. The molecule has 0 aliphatic heterocycles. The predicted molar refractivity (Wildman–Crippen MR) is 67.2 cm³/mol. The zero-order valence-electron chi connectivity index (χ0n) is 10.7. The Hall–Kier alpha value is -1.69. The van der Waals surface area contributed by atoms with Gasteiger partial charge in [-0.3, -0.25) is 9.59 Å². The average Bonchev–Trinajstić information content (AvgIpc) is 2.30. The SMILES string of the molecule is CNCCCC[C@H](NC(=O)/C=C/C(C)=O)C(=O)O. The number of amides is 1. The van der Waals surface area contributed by atoms with Crippen LogP contribution in [0.2, 0.25) is 0 Å². The Morgan fingerprint density at radius 3 is 2.39 bits per heavy atom. The summed E-state index contributed by atoms with van der Waals surface area (Å²) in [6, 6.07) is -0.911. The van der Waals surface area contributed by atoms with Gasteiger partial charge in [0.15, 0.2) is 5.78 Å².